The fraction of sp³-hybridized carbons (Fsp3) is 0.0526. The van der Waals surface area contributed by atoms with Crippen molar-refractivity contribution in [3.63, 3.8) is 0 Å². The largest absolute Gasteiger partial charge is 0.237 e. The van der Waals surface area contributed by atoms with Crippen molar-refractivity contribution < 1.29 is 4.39 Å². The van der Waals surface area contributed by atoms with E-state index in [4.69, 9.17) is 0 Å². The number of para-hydroxylation sites is 1. The molecule has 2 aromatic carbocycles. The van der Waals surface area contributed by atoms with Gasteiger partial charge in [-0.3, -0.25) is 0 Å². The third-order valence-corrected chi connectivity index (χ3v) is 5.28. The van der Waals surface area contributed by atoms with Gasteiger partial charge in [-0.2, -0.15) is 14.7 Å². The van der Waals surface area contributed by atoms with Crippen LogP contribution in [0.3, 0.4) is 0 Å². The topological polar surface area (TPSA) is 60.9 Å². The van der Waals surface area contributed by atoms with Crippen molar-refractivity contribution in [3.05, 3.63) is 72.3 Å². The Morgan fingerprint density at radius 1 is 0.963 bits per heavy atom. The van der Waals surface area contributed by atoms with Crippen molar-refractivity contribution >= 4 is 16.3 Å². The predicted molar refractivity (Wildman–Crippen MR) is 101 cm³/mol. The first-order chi connectivity index (χ1) is 13.2. The zero-order valence-corrected chi connectivity index (χ0v) is 15.1. The molecule has 0 bridgehead atoms. The quantitative estimate of drug-likeness (QED) is 0.475. The highest BCUT2D eigenvalue weighted by Crippen LogP contribution is 2.29. The van der Waals surface area contributed by atoms with E-state index in [1.165, 1.54) is 23.5 Å². The van der Waals surface area contributed by atoms with Gasteiger partial charge in [0.2, 0.25) is 4.96 Å². The molecule has 0 aliphatic rings. The van der Waals surface area contributed by atoms with Gasteiger partial charge >= 0.3 is 0 Å². The molecule has 0 aliphatic heterocycles. The van der Waals surface area contributed by atoms with Crippen LogP contribution < -0.4 is 0 Å². The summed E-state index contributed by atoms with van der Waals surface area (Å²) >= 11 is 1.41. The van der Waals surface area contributed by atoms with E-state index >= 15 is 0 Å². The zero-order valence-electron chi connectivity index (χ0n) is 14.2. The van der Waals surface area contributed by atoms with E-state index in [-0.39, 0.29) is 5.82 Å². The van der Waals surface area contributed by atoms with Gasteiger partial charge in [0.05, 0.1) is 23.1 Å². The second-order valence-electron chi connectivity index (χ2n) is 6.02. The van der Waals surface area contributed by atoms with Crippen LogP contribution >= 0.6 is 11.3 Å². The molecule has 0 N–H and O–H groups in total. The number of hydrogen-bond donors (Lipinski definition) is 0. The molecule has 0 amide bonds. The Balaban J connectivity index is 1.60. The second kappa shape index (κ2) is 6.10. The summed E-state index contributed by atoms with van der Waals surface area (Å²) in [6.07, 6.45) is 1.77. The van der Waals surface area contributed by atoms with Crippen molar-refractivity contribution in [1.82, 2.24) is 29.6 Å². The van der Waals surface area contributed by atoms with E-state index in [9.17, 15) is 4.39 Å². The average Bonchev–Trinajstić information content (AvgIpc) is 3.37. The number of halogens is 1. The summed E-state index contributed by atoms with van der Waals surface area (Å²) in [6, 6.07) is 16.2. The fourth-order valence-electron chi connectivity index (χ4n) is 2.95. The summed E-state index contributed by atoms with van der Waals surface area (Å²) in [5.74, 6) is 0.362. The molecular formula is C19H13FN6S. The Hall–Kier alpha value is -3.39. The van der Waals surface area contributed by atoms with Crippen LogP contribution in [0.4, 0.5) is 4.39 Å². The maximum Gasteiger partial charge on any atom is 0.235 e. The molecule has 0 saturated heterocycles. The van der Waals surface area contributed by atoms with E-state index in [1.807, 2.05) is 41.9 Å². The van der Waals surface area contributed by atoms with Crippen LogP contribution in [0.25, 0.3) is 32.6 Å². The molecule has 0 aliphatic carbocycles. The van der Waals surface area contributed by atoms with Crippen LogP contribution in [0.5, 0.6) is 0 Å². The van der Waals surface area contributed by atoms with Crippen molar-refractivity contribution in [2.75, 3.05) is 0 Å². The van der Waals surface area contributed by atoms with Crippen molar-refractivity contribution in [1.29, 1.82) is 0 Å². The lowest BCUT2D eigenvalue weighted by atomic mass is 10.2. The summed E-state index contributed by atoms with van der Waals surface area (Å²) < 4.78 is 16.7. The summed E-state index contributed by atoms with van der Waals surface area (Å²) in [5.41, 5.74) is 3.64. The molecule has 27 heavy (non-hydrogen) atoms. The highest BCUT2D eigenvalue weighted by atomic mass is 32.1. The van der Waals surface area contributed by atoms with E-state index in [2.05, 4.69) is 20.4 Å². The first-order valence-corrected chi connectivity index (χ1v) is 9.11. The van der Waals surface area contributed by atoms with Crippen LogP contribution in [0.15, 0.2) is 60.8 Å². The molecule has 0 saturated carbocycles. The average molecular weight is 376 g/mol. The molecule has 8 heteroatoms. The fourth-order valence-corrected chi connectivity index (χ4v) is 3.80. The maximum absolute atomic E-state index is 13.2. The van der Waals surface area contributed by atoms with Crippen molar-refractivity contribution in [2.45, 2.75) is 6.92 Å². The molecule has 132 valence electrons. The third-order valence-electron chi connectivity index (χ3n) is 4.33. The van der Waals surface area contributed by atoms with Crippen LogP contribution in [0, 0.1) is 12.7 Å². The lowest BCUT2D eigenvalue weighted by Gasteiger charge is -2.04. The summed E-state index contributed by atoms with van der Waals surface area (Å²) in [5, 5.41) is 18.4. The maximum atomic E-state index is 13.2. The Morgan fingerprint density at radius 2 is 1.74 bits per heavy atom. The minimum absolute atomic E-state index is 0.272. The first kappa shape index (κ1) is 15.8. The molecule has 3 heterocycles. The van der Waals surface area contributed by atoms with Crippen LogP contribution in [-0.4, -0.2) is 29.6 Å². The van der Waals surface area contributed by atoms with Crippen LogP contribution in [-0.2, 0) is 0 Å². The number of rotatable bonds is 3. The number of benzene rings is 2. The third kappa shape index (κ3) is 2.61. The standard InChI is InChI=1S/C19H13FN6S/c1-12-16(11-21-25(12)15-5-3-2-4-6-15)17-22-23-19-26(17)24-18(27-19)13-7-9-14(20)10-8-13/h2-11H,1H3. The zero-order chi connectivity index (χ0) is 18.4. The Kier molecular flexibility index (Phi) is 3.58. The van der Waals surface area contributed by atoms with Crippen molar-refractivity contribution in [3.8, 4) is 27.6 Å². The van der Waals surface area contributed by atoms with Gasteiger partial charge in [0.15, 0.2) is 5.82 Å². The van der Waals surface area contributed by atoms with E-state index in [1.54, 1.807) is 22.8 Å². The van der Waals surface area contributed by atoms with Crippen LogP contribution in [0.1, 0.15) is 5.69 Å². The SMILES string of the molecule is Cc1c(-c2nnc3sc(-c4ccc(F)cc4)nn23)cnn1-c1ccccc1. The Labute approximate surface area is 157 Å². The van der Waals surface area contributed by atoms with Crippen molar-refractivity contribution in [2.24, 2.45) is 0 Å². The van der Waals surface area contributed by atoms with E-state index in [0.29, 0.717) is 10.8 Å². The molecule has 0 unspecified atom stereocenters. The molecule has 3 aromatic heterocycles. The van der Waals surface area contributed by atoms with Gasteiger partial charge in [-0.15, -0.1) is 10.2 Å². The molecule has 0 atom stereocenters. The van der Waals surface area contributed by atoms with Gasteiger partial charge in [-0.25, -0.2) is 9.07 Å². The first-order valence-electron chi connectivity index (χ1n) is 8.29. The predicted octanol–water partition coefficient (Wildman–Crippen LogP) is 4.15. The second-order valence-corrected chi connectivity index (χ2v) is 6.98. The smallest absolute Gasteiger partial charge is 0.235 e. The Bertz CT molecular complexity index is 1240. The molecule has 5 rings (SSSR count). The monoisotopic (exact) mass is 376 g/mol. The molecule has 0 spiro atoms. The summed E-state index contributed by atoms with van der Waals surface area (Å²) in [6.45, 7) is 1.99. The molecule has 6 nitrogen and oxygen atoms in total. The normalized spacial score (nSPS) is 11.3. The minimum atomic E-state index is -0.272. The molecule has 5 aromatic rings. The van der Waals surface area contributed by atoms with E-state index < -0.39 is 0 Å². The van der Waals surface area contributed by atoms with Gasteiger partial charge in [0.25, 0.3) is 0 Å². The lowest BCUT2D eigenvalue weighted by Crippen LogP contribution is -1.99. The van der Waals surface area contributed by atoms with Gasteiger partial charge < -0.3 is 0 Å². The number of nitrogens with zero attached hydrogens (tertiary/aromatic N) is 6. The summed E-state index contributed by atoms with van der Waals surface area (Å²) in [7, 11) is 0. The number of hydrogen-bond acceptors (Lipinski definition) is 5. The number of aromatic nitrogens is 6. The van der Waals surface area contributed by atoms with Gasteiger partial charge in [0, 0.05) is 5.56 Å². The highest BCUT2D eigenvalue weighted by molar-refractivity contribution is 7.19. The number of fused-ring (bicyclic) bond motifs is 1. The summed E-state index contributed by atoms with van der Waals surface area (Å²) in [4.78, 5) is 0.677. The Morgan fingerprint density at radius 3 is 2.52 bits per heavy atom. The molecule has 0 fully saturated rings. The minimum Gasteiger partial charge on any atom is -0.237 e. The lowest BCUT2D eigenvalue weighted by molar-refractivity contribution is 0.628. The van der Waals surface area contributed by atoms with E-state index in [0.717, 1.165) is 27.5 Å². The van der Waals surface area contributed by atoms with Crippen LogP contribution in [0.2, 0.25) is 0 Å². The van der Waals surface area contributed by atoms with Gasteiger partial charge in [-0.05, 0) is 43.3 Å². The molecular weight excluding hydrogens is 363 g/mol. The van der Waals surface area contributed by atoms with Gasteiger partial charge in [0.1, 0.15) is 10.8 Å². The highest BCUT2D eigenvalue weighted by Gasteiger charge is 2.19. The van der Waals surface area contributed by atoms with Gasteiger partial charge in [-0.1, -0.05) is 29.5 Å². The molecule has 0 radical (unpaired) electrons.